The van der Waals surface area contributed by atoms with Gasteiger partial charge in [0, 0.05) is 30.1 Å². The minimum Gasteiger partial charge on any atom is -0.326 e. The maximum atomic E-state index is 11.9. The molecule has 0 bridgehead atoms. The Kier molecular flexibility index (Phi) is 5.05. The van der Waals surface area contributed by atoms with Crippen LogP contribution in [0.4, 0.5) is 11.4 Å². The molecule has 0 saturated carbocycles. The van der Waals surface area contributed by atoms with Gasteiger partial charge in [-0.1, -0.05) is 6.07 Å². The number of amides is 2. The summed E-state index contributed by atoms with van der Waals surface area (Å²) >= 11 is 1.58. The molecule has 1 aromatic heterocycles. The highest BCUT2D eigenvalue weighted by molar-refractivity contribution is 7.09. The second-order valence-electron chi connectivity index (χ2n) is 4.67. The average molecular weight is 303 g/mol. The predicted octanol–water partition coefficient (Wildman–Crippen LogP) is 2.98. The van der Waals surface area contributed by atoms with Crippen molar-refractivity contribution in [2.45, 2.75) is 26.7 Å². The van der Waals surface area contributed by atoms with E-state index in [9.17, 15) is 9.59 Å². The third kappa shape index (κ3) is 5.00. The number of carbonyl (C=O) groups excluding carboxylic acids is 2. The molecular formula is C15H17N3O2S. The zero-order chi connectivity index (χ0) is 15.2. The van der Waals surface area contributed by atoms with Gasteiger partial charge in [-0.25, -0.2) is 4.98 Å². The van der Waals surface area contributed by atoms with E-state index in [1.807, 2.05) is 12.3 Å². The van der Waals surface area contributed by atoms with Gasteiger partial charge in [0.25, 0.3) is 0 Å². The molecule has 2 amide bonds. The van der Waals surface area contributed by atoms with Crippen LogP contribution in [0, 0.1) is 6.92 Å². The fourth-order valence-corrected chi connectivity index (χ4v) is 2.51. The number of carbonyl (C=O) groups is 2. The highest BCUT2D eigenvalue weighted by atomic mass is 32.1. The fourth-order valence-electron chi connectivity index (χ4n) is 1.87. The molecule has 0 fully saturated rings. The predicted molar refractivity (Wildman–Crippen MR) is 84.5 cm³/mol. The maximum Gasteiger partial charge on any atom is 0.224 e. The van der Waals surface area contributed by atoms with Crippen LogP contribution >= 0.6 is 11.3 Å². The Morgan fingerprint density at radius 3 is 2.57 bits per heavy atom. The number of hydrogen-bond donors (Lipinski definition) is 2. The first-order chi connectivity index (χ1) is 10.0. The summed E-state index contributed by atoms with van der Waals surface area (Å²) in [5, 5.41) is 8.48. The topological polar surface area (TPSA) is 71.1 Å². The quantitative estimate of drug-likeness (QED) is 0.892. The molecule has 0 radical (unpaired) electrons. The molecule has 2 rings (SSSR count). The second kappa shape index (κ2) is 6.99. The first-order valence-corrected chi connectivity index (χ1v) is 7.49. The number of nitrogens with zero attached hydrogens (tertiary/aromatic N) is 1. The van der Waals surface area contributed by atoms with E-state index in [0.717, 1.165) is 10.7 Å². The van der Waals surface area contributed by atoms with Gasteiger partial charge in [-0.2, -0.15) is 0 Å². The molecular weight excluding hydrogens is 286 g/mol. The number of anilines is 2. The Bertz CT molecular complexity index is 652. The van der Waals surface area contributed by atoms with Gasteiger partial charge in [0.05, 0.1) is 10.7 Å². The van der Waals surface area contributed by atoms with Crippen LogP contribution in [0.5, 0.6) is 0 Å². The minimum absolute atomic E-state index is 0.0689. The van der Waals surface area contributed by atoms with Crippen molar-refractivity contribution >= 4 is 34.5 Å². The standard InChI is InChI=1S/C15H17N3O2S/c1-10(19)16-12-4-3-5-13(8-12)18-15(20)7-6-14-9-21-11(2)17-14/h3-5,8-9H,6-7H2,1-2H3,(H,16,19)(H,18,20). The lowest BCUT2D eigenvalue weighted by molar-refractivity contribution is -0.116. The molecule has 0 unspecified atom stereocenters. The molecule has 0 saturated heterocycles. The van der Waals surface area contributed by atoms with Gasteiger partial charge >= 0.3 is 0 Å². The first-order valence-electron chi connectivity index (χ1n) is 6.61. The molecule has 0 aliphatic rings. The molecule has 0 atom stereocenters. The van der Waals surface area contributed by atoms with Crippen LogP contribution in [-0.4, -0.2) is 16.8 Å². The summed E-state index contributed by atoms with van der Waals surface area (Å²) in [5.41, 5.74) is 2.27. The third-order valence-corrected chi connectivity index (χ3v) is 3.56. The lowest BCUT2D eigenvalue weighted by Crippen LogP contribution is -2.13. The lowest BCUT2D eigenvalue weighted by atomic mass is 10.2. The molecule has 0 aliphatic heterocycles. The smallest absolute Gasteiger partial charge is 0.224 e. The van der Waals surface area contributed by atoms with Gasteiger partial charge < -0.3 is 10.6 Å². The Hall–Kier alpha value is -2.21. The van der Waals surface area contributed by atoms with Gasteiger partial charge in [-0.3, -0.25) is 9.59 Å². The zero-order valence-electron chi connectivity index (χ0n) is 12.0. The number of aromatic nitrogens is 1. The van der Waals surface area contributed by atoms with Crippen LogP contribution in [0.3, 0.4) is 0 Å². The van der Waals surface area contributed by atoms with Gasteiger partial charge in [0.15, 0.2) is 0 Å². The largest absolute Gasteiger partial charge is 0.326 e. The van der Waals surface area contributed by atoms with Gasteiger partial charge in [-0.15, -0.1) is 11.3 Å². The van der Waals surface area contributed by atoms with Crippen LogP contribution in [0.25, 0.3) is 0 Å². The molecule has 1 aromatic carbocycles. The Balaban J connectivity index is 1.88. The van der Waals surface area contributed by atoms with Crippen molar-refractivity contribution in [1.29, 1.82) is 0 Å². The monoisotopic (exact) mass is 303 g/mol. The first kappa shape index (κ1) is 15.2. The summed E-state index contributed by atoms with van der Waals surface area (Å²) in [6.45, 7) is 3.39. The van der Waals surface area contributed by atoms with E-state index in [2.05, 4.69) is 15.6 Å². The lowest BCUT2D eigenvalue weighted by Gasteiger charge is -2.07. The molecule has 6 heteroatoms. The number of thiazole rings is 1. The van der Waals surface area contributed by atoms with Crippen molar-refractivity contribution in [1.82, 2.24) is 4.98 Å². The van der Waals surface area contributed by atoms with Crippen molar-refractivity contribution < 1.29 is 9.59 Å². The SMILES string of the molecule is CC(=O)Nc1cccc(NC(=O)CCc2csc(C)n2)c1. The fraction of sp³-hybridized carbons (Fsp3) is 0.267. The number of nitrogens with one attached hydrogen (secondary N) is 2. The van der Waals surface area contributed by atoms with Crippen molar-refractivity contribution in [3.8, 4) is 0 Å². The van der Waals surface area contributed by atoms with Crippen molar-refractivity contribution in [3.63, 3.8) is 0 Å². The average Bonchev–Trinajstić information content (AvgIpc) is 2.82. The van der Waals surface area contributed by atoms with Gasteiger partial charge in [0.1, 0.15) is 0 Å². The van der Waals surface area contributed by atoms with Crippen LogP contribution in [0.15, 0.2) is 29.6 Å². The van der Waals surface area contributed by atoms with Crippen LogP contribution < -0.4 is 10.6 Å². The zero-order valence-corrected chi connectivity index (χ0v) is 12.8. The van der Waals surface area contributed by atoms with Gasteiger partial charge in [0.2, 0.25) is 11.8 Å². The Labute approximate surface area is 127 Å². The second-order valence-corrected chi connectivity index (χ2v) is 5.73. The van der Waals surface area contributed by atoms with E-state index < -0.39 is 0 Å². The highest BCUT2D eigenvalue weighted by Crippen LogP contribution is 2.16. The van der Waals surface area contributed by atoms with Gasteiger partial charge in [-0.05, 0) is 31.5 Å². The summed E-state index contributed by atoms with van der Waals surface area (Å²) in [6, 6.07) is 7.07. The molecule has 0 aliphatic carbocycles. The summed E-state index contributed by atoms with van der Waals surface area (Å²) in [4.78, 5) is 27.2. The molecule has 110 valence electrons. The van der Waals surface area contributed by atoms with Crippen molar-refractivity contribution in [2.75, 3.05) is 10.6 Å². The molecule has 2 aromatic rings. The molecule has 1 heterocycles. The van der Waals surface area contributed by atoms with E-state index in [0.29, 0.717) is 24.2 Å². The van der Waals surface area contributed by atoms with Crippen molar-refractivity contribution in [3.05, 3.63) is 40.3 Å². The van der Waals surface area contributed by atoms with Crippen molar-refractivity contribution in [2.24, 2.45) is 0 Å². The third-order valence-electron chi connectivity index (χ3n) is 2.74. The van der Waals surface area contributed by atoms with E-state index in [1.54, 1.807) is 35.6 Å². The summed E-state index contributed by atoms with van der Waals surface area (Å²) in [6.07, 6.45) is 1.01. The highest BCUT2D eigenvalue weighted by Gasteiger charge is 2.06. The number of benzene rings is 1. The van der Waals surface area contributed by atoms with E-state index in [-0.39, 0.29) is 11.8 Å². The Morgan fingerprint density at radius 2 is 1.95 bits per heavy atom. The minimum atomic E-state index is -0.141. The summed E-state index contributed by atoms with van der Waals surface area (Å²) in [7, 11) is 0. The molecule has 2 N–H and O–H groups in total. The molecule has 21 heavy (non-hydrogen) atoms. The van der Waals surface area contributed by atoms with E-state index in [4.69, 9.17) is 0 Å². The van der Waals surface area contributed by atoms with Crippen LogP contribution in [0.1, 0.15) is 24.0 Å². The van der Waals surface area contributed by atoms with Crippen LogP contribution in [-0.2, 0) is 16.0 Å². The van der Waals surface area contributed by atoms with E-state index in [1.165, 1.54) is 6.92 Å². The summed E-state index contributed by atoms with van der Waals surface area (Å²) in [5.74, 6) is -0.210. The molecule has 5 nitrogen and oxygen atoms in total. The molecule has 0 spiro atoms. The van der Waals surface area contributed by atoms with E-state index >= 15 is 0 Å². The number of hydrogen-bond acceptors (Lipinski definition) is 4. The van der Waals surface area contributed by atoms with Crippen LogP contribution in [0.2, 0.25) is 0 Å². The normalized spacial score (nSPS) is 10.2. The number of aryl methyl sites for hydroxylation is 2. The maximum absolute atomic E-state index is 11.9. The number of rotatable bonds is 5. The Morgan fingerprint density at radius 1 is 1.24 bits per heavy atom. The summed E-state index contributed by atoms with van der Waals surface area (Å²) < 4.78 is 0.